The molecule has 5 aromatic rings. The summed E-state index contributed by atoms with van der Waals surface area (Å²) in [7, 11) is 1.50. The normalized spacial score (nSPS) is 23.9. The summed E-state index contributed by atoms with van der Waals surface area (Å²) >= 11 is 0. The standard InChI is InChI=1S/C58H69FN12O11/c1-33-54(78)65-47(22-35-9-13-43(82-4)14-10-35)56(80)71-19-6-18-58(71,3)57(81)66-45(53(60)77)17-20-70-32-42(67-68-70)31-69-30-40(44-27-41(59)12-15-48(44)69)24-39-26-50(74)46(64-52(76)29-61-34(2)72)23-36-7-5-8-37(21-36)28-62-51(75)16-11-38(25-49(39)73)55(79)63-33/h5,7-10,12-15,21,27,30,32-33,38-39,45-47H,6,11,16-20,22-26,28-29,31H2,1-4H3,(H2,60,77)(H,61,72)(H,62,75)(H,63,79)(H,64,76)(H,65,78)(H,66,81)/t33-,38+,39+,45-,46-,47-,58-/m0/s1. The average Bonchev–Trinajstić information content (AvgIpc) is 3.69. The second-order valence-electron chi connectivity index (χ2n) is 21.7. The van der Waals surface area contributed by atoms with E-state index in [4.69, 9.17) is 10.5 Å². The molecule has 0 aliphatic carbocycles. The van der Waals surface area contributed by atoms with Crippen molar-refractivity contribution in [3.8, 4) is 5.75 Å². The SMILES string of the molecule is COc1ccc(C[C@@H]2NC(=O)[C@H](C)NC(=O)[C@@H]3CCC(=O)NCc4cccc(c4)C[C@H](NC(=O)CNC(C)=O)C(=O)C[C@@H](Cc4cn(c5ccc(F)cc45)Cc4cn(nn4)CC[C@@H](C(N)=O)NC(=O)[C@]4(C)CCCN4C2=O)C(=O)C3)cc1. The number of carbonyl (C=O) groups excluding carboxylic acids is 10. The molecule has 24 heteroatoms. The summed E-state index contributed by atoms with van der Waals surface area (Å²) in [6.45, 7) is 4.09. The molecule has 8 bridgehead atoms. The number of hydrogen-bond acceptors (Lipinski definition) is 13. The van der Waals surface area contributed by atoms with E-state index in [2.05, 4.69) is 42.2 Å². The molecule has 0 spiro atoms. The number of aromatic nitrogens is 4. The van der Waals surface area contributed by atoms with Crippen LogP contribution in [0.4, 0.5) is 4.39 Å². The van der Waals surface area contributed by atoms with Crippen molar-refractivity contribution in [3.05, 3.63) is 113 Å². The zero-order valence-corrected chi connectivity index (χ0v) is 46.3. The highest BCUT2D eigenvalue weighted by molar-refractivity contribution is 5.99. The zero-order chi connectivity index (χ0) is 58.8. The number of ether oxygens (including phenoxy) is 1. The number of primary amides is 1. The van der Waals surface area contributed by atoms with Crippen molar-refractivity contribution in [1.29, 1.82) is 0 Å². The minimum Gasteiger partial charge on any atom is -0.497 e. The van der Waals surface area contributed by atoms with Crippen LogP contribution in [0.5, 0.6) is 5.75 Å². The van der Waals surface area contributed by atoms with E-state index in [0.29, 0.717) is 51.0 Å². The van der Waals surface area contributed by atoms with Crippen molar-refractivity contribution >= 4 is 69.7 Å². The van der Waals surface area contributed by atoms with Crippen molar-refractivity contribution in [2.45, 2.75) is 134 Å². The number of ketones is 2. The second kappa shape index (κ2) is 26.2. The highest BCUT2D eigenvalue weighted by Crippen LogP contribution is 2.32. The van der Waals surface area contributed by atoms with Gasteiger partial charge in [0.1, 0.15) is 46.7 Å². The smallest absolute Gasteiger partial charge is 0.246 e. The number of hydrogen-bond donors (Lipinski definition) is 7. The number of nitrogens with zero attached hydrogens (tertiary/aromatic N) is 5. The third-order valence-electron chi connectivity index (χ3n) is 15.6. The molecule has 7 atom stereocenters. The van der Waals surface area contributed by atoms with Crippen LogP contribution in [0.25, 0.3) is 10.9 Å². The quantitative estimate of drug-likeness (QED) is 0.121. The first-order valence-corrected chi connectivity index (χ1v) is 27.4. The molecule has 8 rings (SSSR count). The summed E-state index contributed by atoms with van der Waals surface area (Å²) in [5, 5.41) is 25.3. The second-order valence-corrected chi connectivity index (χ2v) is 21.7. The third kappa shape index (κ3) is 14.7. The molecule has 5 heterocycles. The van der Waals surface area contributed by atoms with Crippen molar-refractivity contribution in [2.24, 2.45) is 17.6 Å². The molecular weight excluding hydrogens is 1060 g/mol. The molecule has 8 N–H and O–H groups in total. The molecule has 0 saturated carbocycles. The Bertz CT molecular complexity index is 3270. The van der Waals surface area contributed by atoms with E-state index in [0.717, 1.165) is 0 Å². The number of nitrogens with two attached hydrogens (primary N) is 1. The Hall–Kier alpha value is -8.83. The average molecular weight is 1130 g/mol. The maximum absolute atomic E-state index is 15.3. The number of halogens is 1. The Morgan fingerprint density at radius 1 is 0.854 bits per heavy atom. The summed E-state index contributed by atoms with van der Waals surface area (Å²) in [5.74, 6) is -8.95. The molecule has 23 nitrogen and oxygen atoms in total. The fraction of sp³-hybridized carbons (Fsp3) is 0.448. The van der Waals surface area contributed by atoms with Crippen LogP contribution in [0.3, 0.4) is 0 Å². The van der Waals surface area contributed by atoms with E-state index in [1.165, 1.54) is 42.7 Å². The molecule has 2 aromatic heterocycles. The van der Waals surface area contributed by atoms with Gasteiger partial charge < -0.3 is 51.8 Å². The van der Waals surface area contributed by atoms with Crippen LogP contribution in [0.15, 0.2) is 79.1 Å². The molecule has 1 fully saturated rings. The van der Waals surface area contributed by atoms with Gasteiger partial charge in [-0.15, -0.1) is 5.10 Å². The largest absolute Gasteiger partial charge is 0.497 e. The lowest BCUT2D eigenvalue weighted by Crippen LogP contribution is -2.62. The monoisotopic (exact) mass is 1130 g/mol. The number of rotatable bonds is 7. The number of nitrogens with one attached hydrogen (secondary N) is 6. The van der Waals surface area contributed by atoms with Crippen LogP contribution in [-0.2, 0) is 86.8 Å². The molecule has 3 aliphatic rings. The van der Waals surface area contributed by atoms with Crippen LogP contribution in [0.2, 0.25) is 0 Å². The molecule has 0 radical (unpaired) electrons. The summed E-state index contributed by atoms with van der Waals surface area (Å²) in [5.41, 5.74) is 7.68. The van der Waals surface area contributed by atoms with Crippen LogP contribution < -0.4 is 42.4 Å². The lowest BCUT2D eigenvalue weighted by molar-refractivity contribution is -0.147. The maximum atomic E-state index is 15.3. The van der Waals surface area contributed by atoms with Gasteiger partial charge in [-0.05, 0) is 105 Å². The number of Topliss-reactive ketones (excluding diaryl/α,β-unsaturated/α-hetero) is 2. The van der Waals surface area contributed by atoms with Gasteiger partial charge in [0.15, 0.2) is 5.78 Å². The van der Waals surface area contributed by atoms with Gasteiger partial charge in [0, 0.05) is 81.2 Å². The first-order valence-electron chi connectivity index (χ1n) is 27.4. The third-order valence-corrected chi connectivity index (χ3v) is 15.6. The van der Waals surface area contributed by atoms with Crippen molar-refractivity contribution in [1.82, 2.24) is 56.4 Å². The first kappa shape index (κ1) is 59.3. The number of benzene rings is 3. The van der Waals surface area contributed by atoms with Gasteiger partial charge in [-0.25, -0.2) is 4.39 Å². The van der Waals surface area contributed by atoms with Crippen molar-refractivity contribution in [3.63, 3.8) is 0 Å². The number of methoxy groups -OCH3 is 1. The molecule has 434 valence electrons. The molecule has 3 aliphatic heterocycles. The van der Waals surface area contributed by atoms with Crippen molar-refractivity contribution in [2.75, 3.05) is 20.2 Å². The van der Waals surface area contributed by atoms with Gasteiger partial charge in [-0.1, -0.05) is 41.6 Å². The Morgan fingerprint density at radius 3 is 2.35 bits per heavy atom. The molecule has 82 heavy (non-hydrogen) atoms. The Balaban J connectivity index is 1.19. The van der Waals surface area contributed by atoms with E-state index >= 15 is 9.18 Å². The lowest BCUT2D eigenvalue weighted by atomic mass is 9.83. The van der Waals surface area contributed by atoms with Gasteiger partial charge in [0.2, 0.25) is 47.3 Å². The van der Waals surface area contributed by atoms with E-state index in [1.54, 1.807) is 78.5 Å². The summed E-state index contributed by atoms with van der Waals surface area (Å²) < 4.78 is 23.9. The molecule has 8 amide bonds. The number of aryl methyl sites for hydroxylation is 1. The van der Waals surface area contributed by atoms with E-state index in [9.17, 15) is 43.2 Å². The fourth-order valence-electron chi connectivity index (χ4n) is 10.9. The van der Waals surface area contributed by atoms with Gasteiger partial charge in [-0.2, -0.15) is 0 Å². The summed E-state index contributed by atoms with van der Waals surface area (Å²) in [6.07, 6.45) is 2.25. The molecule has 1 saturated heterocycles. The van der Waals surface area contributed by atoms with E-state index in [-0.39, 0.29) is 71.1 Å². The predicted molar refractivity (Wildman–Crippen MR) is 294 cm³/mol. The van der Waals surface area contributed by atoms with Crippen LogP contribution in [0.1, 0.15) is 93.7 Å². The van der Waals surface area contributed by atoms with E-state index in [1.807, 2.05) is 0 Å². The minimum atomic E-state index is -1.50. The molecular formula is C58H69FN12O11. The van der Waals surface area contributed by atoms with Crippen molar-refractivity contribution < 1.29 is 57.1 Å². The van der Waals surface area contributed by atoms with E-state index < -0.39 is 126 Å². The number of carbonyl (C=O) groups is 10. The van der Waals surface area contributed by atoms with Gasteiger partial charge in [0.25, 0.3) is 0 Å². The highest BCUT2D eigenvalue weighted by Gasteiger charge is 2.48. The van der Waals surface area contributed by atoms with Gasteiger partial charge in [0.05, 0.1) is 32.4 Å². The van der Waals surface area contributed by atoms with Crippen LogP contribution in [0, 0.1) is 17.7 Å². The van der Waals surface area contributed by atoms with Gasteiger partial charge >= 0.3 is 0 Å². The summed E-state index contributed by atoms with van der Waals surface area (Å²) in [6, 6.07) is 12.9. The molecule has 0 unspecified atom stereocenters. The topological polar surface area (TPSA) is 317 Å². The Kier molecular flexibility index (Phi) is 18.9. The maximum Gasteiger partial charge on any atom is 0.246 e. The minimum absolute atomic E-state index is 0.0159. The molecule has 3 aromatic carbocycles. The van der Waals surface area contributed by atoms with Gasteiger partial charge in [-0.3, -0.25) is 52.6 Å². The summed E-state index contributed by atoms with van der Waals surface area (Å²) in [4.78, 5) is 141. The van der Waals surface area contributed by atoms with Crippen LogP contribution >= 0.6 is 0 Å². The Labute approximate surface area is 472 Å². The number of amides is 8. The predicted octanol–water partition coefficient (Wildman–Crippen LogP) is 1.38. The number of fused-ring (bicyclic) bond motifs is 13. The highest BCUT2D eigenvalue weighted by atomic mass is 19.1. The lowest BCUT2D eigenvalue weighted by Gasteiger charge is -2.37. The first-order chi connectivity index (χ1) is 39.2. The van der Waals surface area contributed by atoms with Crippen LogP contribution in [-0.4, -0.2) is 133 Å². The Morgan fingerprint density at radius 2 is 1.61 bits per heavy atom. The fourth-order valence-corrected chi connectivity index (χ4v) is 10.9. The zero-order valence-electron chi connectivity index (χ0n) is 46.3.